The third kappa shape index (κ3) is 18.1. The van der Waals surface area contributed by atoms with Crippen molar-refractivity contribution in [2.24, 2.45) is 0 Å². The molecule has 0 aromatic heterocycles. The van der Waals surface area contributed by atoms with E-state index < -0.39 is 0 Å². The van der Waals surface area contributed by atoms with E-state index in [0.717, 1.165) is 39.4 Å². The lowest BCUT2D eigenvalue weighted by Gasteiger charge is -2.13. The molecule has 0 heterocycles. The van der Waals surface area contributed by atoms with E-state index >= 15 is 0 Å². The third-order valence-electron chi connectivity index (χ3n) is 2.32. The largest absolute Gasteiger partial charge is 0.395 e. The van der Waals surface area contributed by atoms with Crippen LogP contribution >= 0.6 is 0 Å². The summed E-state index contributed by atoms with van der Waals surface area (Å²) in [5.74, 6) is 0. The van der Waals surface area contributed by atoms with Crippen LogP contribution in [0.2, 0.25) is 0 Å². The molecule has 112 valence electrons. The number of hydrogen-bond acceptors (Lipinski definition) is 6. The Labute approximate surface area is 111 Å². The van der Waals surface area contributed by atoms with E-state index in [2.05, 4.69) is 0 Å². The Hall–Kier alpha value is -0.240. The highest BCUT2D eigenvalue weighted by atomic mass is 16.5. The number of rotatable bonds is 10. The van der Waals surface area contributed by atoms with Gasteiger partial charge in [-0.25, -0.2) is 0 Å². The molecule has 0 atom stereocenters. The Balaban J connectivity index is 0. The summed E-state index contributed by atoms with van der Waals surface area (Å²) in [5.41, 5.74) is 0. The Morgan fingerprint density at radius 1 is 0.722 bits per heavy atom. The van der Waals surface area contributed by atoms with Crippen molar-refractivity contribution in [2.45, 2.75) is 0 Å². The second kappa shape index (κ2) is 16.8. The van der Waals surface area contributed by atoms with Crippen molar-refractivity contribution in [1.29, 1.82) is 0 Å². The summed E-state index contributed by atoms with van der Waals surface area (Å²) in [5, 5.41) is 16.9. The number of likely N-dealkylation sites (N-methyl/N-ethyl adjacent to an activating group) is 2. The Morgan fingerprint density at radius 2 is 1.06 bits per heavy atom. The lowest BCUT2D eigenvalue weighted by molar-refractivity contribution is 0.146. The zero-order valence-electron chi connectivity index (χ0n) is 12.3. The number of aliphatic hydroxyl groups excluding tert-OH is 2. The van der Waals surface area contributed by atoms with Crippen LogP contribution in [0.15, 0.2) is 0 Å². The molecule has 0 radical (unpaired) electrons. The first-order valence-electron chi connectivity index (χ1n) is 6.19. The molecule has 0 aliphatic rings. The van der Waals surface area contributed by atoms with Crippen molar-refractivity contribution in [3.63, 3.8) is 0 Å². The molecule has 0 aromatic carbocycles. The van der Waals surface area contributed by atoms with Crippen molar-refractivity contribution in [2.75, 3.05) is 80.9 Å². The van der Waals surface area contributed by atoms with Gasteiger partial charge < -0.3 is 29.5 Å². The van der Waals surface area contributed by atoms with Crippen molar-refractivity contribution in [1.82, 2.24) is 9.80 Å². The highest BCUT2D eigenvalue weighted by Gasteiger charge is 1.94. The predicted molar refractivity (Wildman–Crippen MR) is 72.9 cm³/mol. The molecule has 0 spiro atoms. The number of nitrogens with zero attached hydrogens (tertiary/aromatic N) is 2. The Kier molecular flexibility index (Phi) is 18.7. The zero-order valence-corrected chi connectivity index (χ0v) is 12.3. The maximum atomic E-state index is 8.45. The average Bonchev–Trinajstić information content (AvgIpc) is 2.35. The van der Waals surface area contributed by atoms with Crippen molar-refractivity contribution >= 4 is 0 Å². The van der Waals surface area contributed by atoms with Gasteiger partial charge in [-0.3, -0.25) is 0 Å². The van der Waals surface area contributed by atoms with Crippen molar-refractivity contribution in [3.05, 3.63) is 0 Å². The first-order chi connectivity index (χ1) is 8.62. The molecule has 0 saturated heterocycles. The molecule has 0 saturated carbocycles. The second-order valence-electron chi connectivity index (χ2n) is 4.04. The van der Waals surface area contributed by atoms with E-state index in [1.165, 1.54) is 0 Å². The molecular formula is C12H30N2O4. The standard InChI is InChI=1S/2C6H15NO2/c2*1-7(3-5-8)4-6-9-2/h2*8H,3-6H2,1-2H3. The first kappa shape index (κ1) is 20.1. The molecule has 0 amide bonds. The molecule has 0 fully saturated rings. The molecule has 18 heavy (non-hydrogen) atoms. The maximum Gasteiger partial charge on any atom is 0.0589 e. The summed E-state index contributed by atoms with van der Waals surface area (Å²) in [6.45, 7) is 5.13. The van der Waals surface area contributed by atoms with Gasteiger partial charge in [0.2, 0.25) is 0 Å². The molecule has 0 rings (SSSR count). The van der Waals surface area contributed by atoms with Crippen molar-refractivity contribution < 1.29 is 19.7 Å². The predicted octanol–water partition coefficient (Wildman–Crippen LogP) is -0.886. The topological polar surface area (TPSA) is 65.4 Å². The molecular weight excluding hydrogens is 236 g/mol. The lowest BCUT2D eigenvalue weighted by atomic mass is 10.5. The van der Waals surface area contributed by atoms with E-state index in [9.17, 15) is 0 Å². The summed E-state index contributed by atoms with van der Waals surface area (Å²) < 4.78 is 9.67. The van der Waals surface area contributed by atoms with Crippen LogP contribution in [-0.4, -0.2) is 101 Å². The molecule has 0 bridgehead atoms. The number of aliphatic hydroxyl groups is 2. The van der Waals surface area contributed by atoms with Gasteiger partial charge in [0.25, 0.3) is 0 Å². The average molecular weight is 266 g/mol. The molecule has 0 unspecified atom stereocenters. The van der Waals surface area contributed by atoms with Crippen LogP contribution in [0.5, 0.6) is 0 Å². The van der Waals surface area contributed by atoms with Crippen molar-refractivity contribution in [3.8, 4) is 0 Å². The van der Waals surface area contributed by atoms with E-state index in [1.807, 2.05) is 23.9 Å². The van der Waals surface area contributed by atoms with Crippen LogP contribution in [0.25, 0.3) is 0 Å². The summed E-state index contributed by atoms with van der Waals surface area (Å²) in [4.78, 5) is 4.03. The highest BCUT2D eigenvalue weighted by molar-refractivity contribution is 4.47. The quantitative estimate of drug-likeness (QED) is 0.535. The maximum absolute atomic E-state index is 8.45. The summed E-state index contributed by atoms with van der Waals surface area (Å²) >= 11 is 0. The van der Waals surface area contributed by atoms with Gasteiger partial charge in [0.05, 0.1) is 26.4 Å². The van der Waals surface area contributed by atoms with E-state index in [1.54, 1.807) is 14.2 Å². The third-order valence-corrected chi connectivity index (χ3v) is 2.32. The van der Waals surface area contributed by atoms with Gasteiger partial charge in [-0.15, -0.1) is 0 Å². The fourth-order valence-electron chi connectivity index (χ4n) is 1.06. The van der Waals surface area contributed by atoms with E-state index in [4.69, 9.17) is 19.7 Å². The number of ether oxygens (including phenoxy) is 2. The summed E-state index contributed by atoms with van der Waals surface area (Å²) in [6, 6.07) is 0. The SMILES string of the molecule is COCCN(C)CCO.COCCN(C)CCO. The number of methoxy groups -OCH3 is 2. The van der Waals surface area contributed by atoms with Crippen LogP contribution in [0.3, 0.4) is 0 Å². The van der Waals surface area contributed by atoms with Crippen LogP contribution in [0.1, 0.15) is 0 Å². The fraction of sp³-hybridized carbons (Fsp3) is 1.00. The summed E-state index contributed by atoms with van der Waals surface area (Å²) in [7, 11) is 7.25. The van der Waals surface area contributed by atoms with Gasteiger partial charge in [-0.05, 0) is 14.1 Å². The van der Waals surface area contributed by atoms with Crippen LogP contribution in [0, 0.1) is 0 Å². The molecule has 0 aliphatic heterocycles. The Morgan fingerprint density at radius 3 is 1.28 bits per heavy atom. The number of hydrogen-bond donors (Lipinski definition) is 2. The van der Waals surface area contributed by atoms with Gasteiger partial charge >= 0.3 is 0 Å². The van der Waals surface area contributed by atoms with Crippen LogP contribution in [-0.2, 0) is 9.47 Å². The smallest absolute Gasteiger partial charge is 0.0589 e. The molecule has 6 heteroatoms. The minimum atomic E-state index is 0.222. The van der Waals surface area contributed by atoms with Gasteiger partial charge in [-0.1, -0.05) is 0 Å². The van der Waals surface area contributed by atoms with Crippen LogP contribution in [0.4, 0.5) is 0 Å². The molecule has 6 nitrogen and oxygen atoms in total. The minimum Gasteiger partial charge on any atom is -0.395 e. The van der Waals surface area contributed by atoms with E-state index in [0.29, 0.717) is 0 Å². The van der Waals surface area contributed by atoms with Crippen LogP contribution < -0.4 is 0 Å². The molecule has 0 aromatic rings. The van der Waals surface area contributed by atoms with Gasteiger partial charge in [0.15, 0.2) is 0 Å². The zero-order chi connectivity index (χ0) is 14.2. The highest BCUT2D eigenvalue weighted by Crippen LogP contribution is 1.80. The summed E-state index contributed by atoms with van der Waals surface area (Å²) in [6.07, 6.45) is 0. The lowest BCUT2D eigenvalue weighted by Crippen LogP contribution is -2.25. The normalized spacial score (nSPS) is 10.7. The van der Waals surface area contributed by atoms with Gasteiger partial charge in [0, 0.05) is 40.4 Å². The second-order valence-corrected chi connectivity index (χ2v) is 4.04. The minimum absolute atomic E-state index is 0.222. The van der Waals surface area contributed by atoms with Gasteiger partial charge in [0.1, 0.15) is 0 Å². The molecule has 2 N–H and O–H groups in total. The van der Waals surface area contributed by atoms with Gasteiger partial charge in [-0.2, -0.15) is 0 Å². The Bertz CT molecular complexity index is 134. The first-order valence-corrected chi connectivity index (χ1v) is 6.19. The van der Waals surface area contributed by atoms with E-state index in [-0.39, 0.29) is 13.2 Å². The molecule has 0 aliphatic carbocycles. The fourth-order valence-corrected chi connectivity index (χ4v) is 1.06. The monoisotopic (exact) mass is 266 g/mol.